The Bertz CT molecular complexity index is 228. The minimum absolute atomic E-state index is 0.234. The quantitative estimate of drug-likeness (QED) is 0.729. The molecule has 1 aromatic heterocycles. The largest absolute Gasteiger partial charge is 0.475 e. The number of aromatic nitrogens is 1. The Morgan fingerprint density at radius 3 is 2.92 bits per heavy atom. The van der Waals surface area contributed by atoms with Gasteiger partial charge >= 0.3 is 0 Å². The smallest absolute Gasteiger partial charge is 0.213 e. The summed E-state index contributed by atoms with van der Waals surface area (Å²) in [5.74, 6) is 0.486. The molecule has 0 saturated carbocycles. The van der Waals surface area contributed by atoms with Crippen molar-refractivity contribution in [2.24, 2.45) is 0 Å². The first-order chi connectivity index (χ1) is 5.58. The third-order valence-electron chi connectivity index (χ3n) is 1.16. The number of pyridine rings is 1. The van der Waals surface area contributed by atoms with E-state index >= 15 is 0 Å². The Labute approximate surface area is 72.0 Å². The lowest BCUT2D eigenvalue weighted by molar-refractivity contribution is 0.0268. The zero-order valence-electron chi connectivity index (χ0n) is 7.24. The lowest BCUT2D eigenvalue weighted by Gasteiger charge is -2.16. The molecule has 1 rings (SSSR count). The lowest BCUT2D eigenvalue weighted by atomic mass is 10.2. The van der Waals surface area contributed by atoms with Crippen LogP contribution in [0.5, 0.6) is 5.88 Å². The lowest BCUT2D eigenvalue weighted by Crippen LogP contribution is -2.28. The van der Waals surface area contributed by atoms with E-state index < -0.39 is 5.60 Å². The van der Waals surface area contributed by atoms with Gasteiger partial charge in [0.15, 0.2) is 0 Å². The number of nitrogens with zero attached hydrogens (tertiary/aromatic N) is 1. The van der Waals surface area contributed by atoms with E-state index in [1.165, 1.54) is 0 Å². The van der Waals surface area contributed by atoms with Crippen LogP contribution in [0.25, 0.3) is 0 Å². The van der Waals surface area contributed by atoms with Gasteiger partial charge in [-0.15, -0.1) is 0 Å². The fraction of sp³-hybridized carbons (Fsp3) is 0.444. The maximum absolute atomic E-state index is 9.32. The standard InChI is InChI=1S/C9H12NO2/c1-9(2,11)7-12-8-5-3-4-6-10-8/h3-5,11H,7H2,1-2H3. The molecule has 0 atom stereocenters. The first-order valence-corrected chi connectivity index (χ1v) is 3.76. The molecule has 0 aromatic carbocycles. The zero-order chi connectivity index (χ0) is 9.03. The summed E-state index contributed by atoms with van der Waals surface area (Å²) in [6.07, 6.45) is 2.64. The fourth-order valence-electron chi connectivity index (χ4n) is 0.643. The van der Waals surface area contributed by atoms with E-state index in [1.54, 1.807) is 32.0 Å². The van der Waals surface area contributed by atoms with Crippen molar-refractivity contribution in [3.63, 3.8) is 0 Å². The maximum Gasteiger partial charge on any atom is 0.213 e. The van der Waals surface area contributed by atoms with Gasteiger partial charge in [-0.2, -0.15) is 0 Å². The van der Waals surface area contributed by atoms with Crippen molar-refractivity contribution in [1.29, 1.82) is 0 Å². The number of hydrogen-bond acceptors (Lipinski definition) is 3. The van der Waals surface area contributed by atoms with Crippen molar-refractivity contribution in [3.8, 4) is 5.88 Å². The molecule has 0 aliphatic rings. The highest BCUT2D eigenvalue weighted by molar-refractivity contribution is 5.08. The van der Waals surface area contributed by atoms with Crippen LogP contribution in [0.2, 0.25) is 0 Å². The maximum atomic E-state index is 9.32. The van der Waals surface area contributed by atoms with Gasteiger partial charge in [0, 0.05) is 6.07 Å². The zero-order valence-corrected chi connectivity index (χ0v) is 7.24. The molecule has 1 heterocycles. The first kappa shape index (κ1) is 9.00. The molecule has 0 bridgehead atoms. The predicted molar refractivity (Wildman–Crippen MR) is 44.9 cm³/mol. The monoisotopic (exact) mass is 166 g/mol. The average molecular weight is 166 g/mol. The van der Waals surface area contributed by atoms with Crippen molar-refractivity contribution < 1.29 is 9.84 Å². The van der Waals surface area contributed by atoms with Crippen molar-refractivity contribution in [2.45, 2.75) is 19.4 Å². The van der Waals surface area contributed by atoms with E-state index in [2.05, 4.69) is 11.2 Å². The highest BCUT2D eigenvalue weighted by Crippen LogP contribution is 2.07. The second-order valence-corrected chi connectivity index (χ2v) is 3.21. The third-order valence-corrected chi connectivity index (χ3v) is 1.16. The van der Waals surface area contributed by atoms with Gasteiger partial charge < -0.3 is 9.84 Å². The molecule has 0 fully saturated rings. The molecule has 0 amide bonds. The van der Waals surface area contributed by atoms with Crippen LogP contribution < -0.4 is 4.74 Å². The SMILES string of the molecule is CC(C)(O)COc1ccc[c]n1. The molecular weight excluding hydrogens is 154 g/mol. The second-order valence-electron chi connectivity index (χ2n) is 3.21. The molecule has 0 saturated heterocycles. The first-order valence-electron chi connectivity index (χ1n) is 3.76. The van der Waals surface area contributed by atoms with Gasteiger partial charge in [-0.3, -0.25) is 0 Å². The van der Waals surface area contributed by atoms with Gasteiger partial charge in [-0.1, -0.05) is 6.07 Å². The Hall–Kier alpha value is -1.09. The molecule has 3 nitrogen and oxygen atoms in total. The third kappa shape index (κ3) is 3.34. The molecule has 0 spiro atoms. The van der Waals surface area contributed by atoms with Crippen LogP contribution in [-0.2, 0) is 0 Å². The molecule has 0 unspecified atom stereocenters. The molecule has 12 heavy (non-hydrogen) atoms. The van der Waals surface area contributed by atoms with E-state index in [9.17, 15) is 5.11 Å². The molecule has 3 heteroatoms. The van der Waals surface area contributed by atoms with Crippen LogP contribution in [0.4, 0.5) is 0 Å². The predicted octanol–water partition coefficient (Wildman–Crippen LogP) is 1.03. The normalized spacial score (nSPS) is 11.2. The molecule has 65 valence electrons. The number of rotatable bonds is 3. The van der Waals surface area contributed by atoms with E-state index in [1.807, 2.05) is 0 Å². The highest BCUT2D eigenvalue weighted by Gasteiger charge is 2.13. The van der Waals surface area contributed by atoms with Gasteiger partial charge in [-0.25, -0.2) is 4.98 Å². The van der Waals surface area contributed by atoms with Crippen molar-refractivity contribution >= 4 is 0 Å². The van der Waals surface area contributed by atoms with Crippen molar-refractivity contribution in [2.75, 3.05) is 6.61 Å². The summed E-state index contributed by atoms with van der Waals surface area (Å²) in [6, 6.07) is 5.20. The van der Waals surface area contributed by atoms with Gasteiger partial charge in [0.2, 0.25) is 5.88 Å². The van der Waals surface area contributed by atoms with Crippen LogP contribution >= 0.6 is 0 Å². The van der Waals surface area contributed by atoms with E-state index in [4.69, 9.17) is 4.74 Å². The Balaban J connectivity index is 2.44. The summed E-state index contributed by atoms with van der Waals surface area (Å²) in [5.41, 5.74) is -0.822. The Kier molecular flexibility index (Phi) is 2.65. The van der Waals surface area contributed by atoms with E-state index in [0.29, 0.717) is 5.88 Å². The molecule has 0 aliphatic carbocycles. The summed E-state index contributed by atoms with van der Waals surface area (Å²) >= 11 is 0. The van der Waals surface area contributed by atoms with Crippen molar-refractivity contribution in [1.82, 2.24) is 4.98 Å². The van der Waals surface area contributed by atoms with Crippen LogP contribution in [0, 0.1) is 6.20 Å². The fourth-order valence-corrected chi connectivity index (χ4v) is 0.643. The van der Waals surface area contributed by atoms with Gasteiger partial charge in [0.1, 0.15) is 6.61 Å². The minimum atomic E-state index is -0.822. The summed E-state index contributed by atoms with van der Waals surface area (Å²) in [5, 5.41) is 9.32. The Morgan fingerprint density at radius 2 is 2.42 bits per heavy atom. The second kappa shape index (κ2) is 3.54. The molecule has 1 N–H and O–H groups in total. The molecule has 1 radical (unpaired) electrons. The van der Waals surface area contributed by atoms with Gasteiger partial charge in [0.05, 0.1) is 11.8 Å². The van der Waals surface area contributed by atoms with Crippen LogP contribution in [0.1, 0.15) is 13.8 Å². The minimum Gasteiger partial charge on any atom is -0.475 e. The van der Waals surface area contributed by atoms with Gasteiger partial charge in [-0.05, 0) is 19.9 Å². The van der Waals surface area contributed by atoms with Crippen LogP contribution in [0.3, 0.4) is 0 Å². The summed E-state index contributed by atoms with van der Waals surface area (Å²) in [4.78, 5) is 3.82. The van der Waals surface area contributed by atoms with Crippen LogP contribution in [0.15, 0.2) is 18.2 Å². The summed E-state index contributed by atoms with van der Waals surface area (Å²) in [7, 11) is 0. The Morgan fingerprint density at radius 1 is 1.67 bits per heavy atom. The summed E-state index contributed by atoms with van der Waals surface area (Å²) in [6.45, 7) is 3.59. The average Bonchev–Trinajstić information content (AvgIpc) is 2.02. The van der Waals surface area contributed by atoms with E-state index in [0.717, 1.165) is 0 Å². The highest BCUT2D eigenvalue weighted by atomic mass is 16.5. The topological polar surface area (TPSA) is 42.4 Å². The van der Waals surface area contributed by atoms with Crippen LogP contribution in [-0.4, -0.2) is 22.3 Å². The molecular formula is C9H12NO2. The van der Waals surface area contributed by atoms with Crippen molar-refractivity contribution in [3.05, 3.63) is 24.4 Å². The number of hydrogen-bond donors (Lipinski definition) is 1. The number of ether oxygens (including phenoxy) is 1. The summed E-state index contributed by atoms with van der Waals surface area (Å²) < 4.78 is 5.18. The number of aliphatic hydroxyl groups is 1. The molecule has 1 aromatic rings. The molecule has 0 aliphatic heterocycles. The van der Waals surface area contributed by atoms with E-state index in [-0.39, 0.29) is 6.61 Å². The van der Waals surface area contributed by atoms with Gasteiger partial charge in [0.25, 0.3) is 0 Å².